The molecule has 1 fully saturated rings. The van der Waals surface area contributed by atoms with Gasteiger partial charge in [-0.1, -0.05) is 25.7 Å². The second kappa shape index (κ2) is 6.45. The fraction of sp³-hybridized carbons (Fsp3) is 0.571. The zero-order valence-corrected chi connectivity index (χ0v) is 12.7. The second-order valence-electron chi connectivity index (χ2n) is 5.32. The summed E-state index contributed by atoms with van der Waals surface area (Å²) in [4.78, 5) is 0.193. The van der Waals surface area contributed by atoms with Gasteiger partial charge in [-0.25, -0.2) is 13.1 Å². The molecule has 0 atom stereocenters. The maximum Gasteiger partial charge on any atom is 0.240 e. The lowest BCUT2D eigenvalue weighted by Gasteiger charge is -2.13. The van der Waals surface area contributed by atoms with Gasteiger partial charge in [-0.15, -0.1) is 0 Å². The lowest BCUT2D eigenvalue weighted by molar-refractivity contribution is 0.519. The maximum atomic E-state index is 11.7. The molecule has 0 bridgehead atoms. The lowest BCUT2D eigenvalue weighted by Crippen LogP contribution is -2.19. The summed E-state index contributed by atoms with van der Waals surface area (Å²) >= 11 is 0. The summed E-state index contributed by atoms with van der Waals surface area (Å²) in [5.41, 5.74) is 7.18. The Morgan fingerprint density at radius 1 is 1.30 bits per heavy atom. The van der Waals surface area contributed by atoms with Crippen LogP contribution < -0.4 is 15.8 Å². The predicted octanol–water partition coefficient (Wildman–Crippen LogP) is 2.17. The first kappa shape index (κ1) is 15.1. The van der Waals surface area contributed by atoms with Crippen molar-refractivity contribution >= 4 is 21.4 Å². The van der Waals surface area contributed by atoms with Gasteiger partial charge < -0.3 is 11.1 Å². The van der Waals surface area contributed by atoms with Crippen LogP contribution in [0.2, 0.25) is 0 Å². The normalized spacial score (nSPS) is 16.4. The molecule has 0 spiro atoms. The number of nitrogens with one attached hydrogen (secondary N) is 2. The first-order chi connectivity index (χ1) is 9.53. The van der Waals surface area contributed by atoms with Crippen LogP contribution in [-0.4, -0.2) is 22.0 Å². The van der Waals surface area contributed by atoms with Crippen LogP contribution in [0, 0.1) is 5.92 Å². The number of anilines is 2. The molecule has 0 aromatic heterocycles. The summed E-state index contributed by atoms with van der Waals surface area (Å²) in [6.45, 7) is 0.882. The summed E-state index contributed by atoms with van der Waals surface area (Å²) in [5.74, 6) is 0.827. The Hall–Kier alpha value is -1.27. The van der Waals surface area contributed by atoms with Crippen molar-refractivity contribution in [3.63, 3.8) is 0 Å². The van der Waals surface area contributed by atoms with Crippen LogP contribution >= 0.6 is 0 Å². The maximum absolute atomic E-state index is 11.7. The van der Waals surface area contributed by atoms with Crippen molar-refractivity contribution in [2.75, 3.05) is 24.6 Å². The zero-order chi connectivity index (χ0) is 14.6. The zero-order valence-electron chi connectivity index (χ0n) is 11.9. The van der Waals surface area contributed by atoms with E-state index < -0.39 is 10.0 Å². The van der Waals surface area contributed by atoms with E-state index in [1.54, 1.807) is 12.1 Å². The average molecular weight is 297 g/mol. The van der Waals surface area contributed by atoms with Gasteiger partial charge in [-0.2, -0.15) is 0 Å². The number of hydrogen-bond acceptors (Lipinski definition) is 4. The third-order valence-electron chi connectivity index (χ3n) is 3.94. The molecule has 0 amide bonds. The summed E-state index contributed by atoms with van der Waals surface area (Å²) in [5, 5.41) is 3.30. The lowest BCUT2D eigenvalue weighted by atomic mass is 10.0. The highest BCUT2D eigenvalue weighted by Crippen LogP contribution is 2.28. The number of rotatable bonds is 6. The Morgan fingerprint density at radius 3 is 2.60 bits per heavy atom. The van der Waals surface area contributed by atoms with Gasteiger partial charge in [-0.05, 0) is 37.6 Å². The van der Waals surface area contributed by atoms with Gasteiger partial charge in [0.25, 0.3) is 0 Å². The average Bonchev–Trinajstić information content (AvgIpc) is 2.93. The minimum atomic E-state index is -3.43. The summed E-state index contributed by atoms with van der Waals surface area (Å²) in [6.07, 6.45) is 6.51. The molecule has 1 aromatic carbocycles. The van der Waals surface area contributed by atoms with E-state index in [4.69, 9.17) is 5.73 Å². The molecule has 0 saturated heterocycles. The van der Waals surface area contributed by atoms with Gasteiger partial charge in [0.05, 0.1) is 16.3 Å². The second-order valence-corrected chi connectivity index (χ2v) is 7.21. The first-order valence-corrected chi connectivity index (χ1v) is 8.58. The molecule has 2 rings (SSSR count). The highest BCUT2D eigenvalue weighted by atomic mass is 32.2. The standard InChI is InChI=1S/C14H23N3O2S/c1-16-20(18,19)12-6-7-14(13(15)10-12)17-9-8-11-4-2-3-5-11/h6-7,10-11,16-17H,2-5,8-9,15H2,1H3. The van der Waals surface area contributed by atoms with E-state index in [0.717, 1.165) is 24.6 Å². The molecule has 1 aliphatic carbocycles. The Labute approximate surface area is 121 Å². The van der Waals surface area contributed by atoms with Crippen LogP contribution in [0.15, 0.2) is 23.1 Å². The van der Waals surface area contributed by atoms with Crippen molar-refractivity contribution in [2.45, 2.75) is 37.0 Å². The van der Waals surface area contributed by atoms with Gasteiger partial charge in [0, 0.05) is 6.54 Å². The van der Waals surface area contributed by atoms with Crippen molar-refractivity contribution in [2.24, 2.45) is 5.92 Å². The van der Waals surface area contributed by atoms with E-state index in [1.807, 2.05) is 0 Å². The SMILES string of the molecule is CNS(=O)(=O)c1ccc(NCCC2CCCC2)c(N)c1. The van der Waals surface area contributed by atoms with Crippen molar-refractivity contribution < 1.29 is 8.42 Å². The largest absolute Gasteiger partial charge is 0.397 e. The topological polar surface area (TPSA) is 84.2 Å². The number of hydrogen-bond donors (Lipinski definition) is 3. The molecule has 6 heteroatoms. The van der Waals surface area contributed by atoms with Gasteiger partial charge in [-0.3, -0.25) is 0 Å². The minimum Gasteiger partial charge on any atom is -0.397 e. The quantitative estimate of drug-likeness (QED) is 0.703. The van der Waals surface area contributed by atoms with Crippen molar-refractivity contribution in [3.05, 3.63) is 18.2 Å². The Kier molecular flexibility index (Phi) is 4.88. The predicted molar refractivity (Wildman–Crippen MR) is 82.2 cm³/mol. The molecule has 1 saturated carbocycles. The van der Waals surface area contributed by atoms with E-state index in [2.05, 4.69) is 10.0 Å². The van der Waals surface area contributed by atoms with Crippen LogP contribution in [0.4, 0.5) is 11.4 Å². The number of benzene rings is 1. The summed E-state index contributed by atoms with van der Waals surface area (Å²) < 4.78 is 25.6. The van der Waals surface area contributed by atoms with Crippen LogP contribution in [0.25, 0.3) is 0 Å². The van der Waals surface area contributed by atoms with E-state index in [9.17, 15) is 8.42 Å². The van der Waals surface area contributed by atoms with Crippen LogP contribution in [0.1, 0.15) is 32.1 Å². The number of sulfonamides is 1. The smallest absolute Gasteiger partial charge is 0.240 e. The molecular formula is C14H23N3O2S. The molecule has 5 nitrogen and oxygen atoms in total. The van der Waals surface area contributed by atoms with Crippen molar-refractivity contribution in [3.8, 4) is 0 Å². The Morgan fingerprint density at radius 2 is 2.00 bits per heavy atom. The monoisotopic (exact) mass is 297 g/mol. The summed E-state index contributed by atoms with van der Waals surface area (Å²) in [6, 6.07) is 4.79. The van der Waals surface area contributed by atoms with Gasteiger partial charge in [0.2, 0.25) is 10.0 Å². The van der Waals surface area contributed by atoms with Gasteiger partial charge in [0.15, 0.2) is 0 Å². The summed E-state index contributed by atoms with van der Waals surface area (Å²) in [7, 11) is -2.04. The van der Waals surface area contributed by atoms with Crippen molar-refractivity contribution in [1.29, 1.82) is 0 Å². The van der Waals surface area contributed by atoms with Gasteiger partial charge >= 0.3 is 0 Å². The molecule has 4 N–H and O–H groups in total. The molecule has 112 valence electrons. The first-order valence-electron chi connectivity index (χ1n) is 7.10. The highest BCUT2D eigenvalue weighted by molar-refractivity contribution is 7.89. The van der Waals surface area contributed by atoms with Crippen molar-refractivity contribution in [1.82, 2.24) is 4.72 Å². The van der Waals surface area contributed by atoms with E-state index in [0.29, 0.717) is 5.69 Å². The fourth-order valence-electron chi connectivity index (χ4n) is 2.70. The molecule has 20 heavy (non-hydrogen) atoms. The molecule has 1 aliphatic rings. The Bertz CT molecular complexity index is 552. The molecular weight excluding hydrogens is 274 g/mol. The van der Waals surface area contributed by atoms with Crippen LogP contribution in [-0.2, 0) is 10.0 Å². The van der Waals surface area contributed by atoms with E-state index >= 15 is 0 Å². The van der Waals surface area contributed by atoms with Crippen LogP contribution in [0.5, 0.6) is 0 Å². The highest BCUT2D eigenvalue weighted by Gasteiger charge is 2.15. The van der Waals surface area contributed by atoms with Crippen LogP contribution in [0.3, 0.4) is 0 Å². The van der Waals surface area contributed by atoms with Gasteiger partial charge in [0.1, 0.15) is 0 Å². The van der Waals surface area contributed by atoms with E-state index in [-0.39, 0.29) is 4.90 Å². The Balaban J connectivity index is 1.95. The molecule has 0 heterocycles. The molecule has 1 aromatic rings. The third kappa shape index (κ3) is 3.64. The molecule has 0 aliphatic heterocycles. The van der Waals surface area contributed by atoms with E-state index in [1.165, 1.54) is 38.8 Å². The molecule has 0 unspecified atom stereocenters. The molecule has 0 radical (unpaired) electrons. The number of nitrogens with two attached hydrogens (primary N) is 1. The minimum absolute atomic E-state index is 0.193. The fourth-order valence-corrected chi connectivity index (χ4v) is 3.46. The number of nitrogen functional groups attached to an aromatic ring is 1. The third-order valence-corrected chi connectivity index (χ3v) is 5.36.